The summed E-state index contributed by atoms with van der Waals surface area (Å²) >= 11 is 6.19. The molecule has 2 heterocycles. The molecule has 1 saturated heterocycles. The van der Waals surface area contributed by atoms with Crippen LogP contribution in [-0.4, -0.2) is 28.4 Å². The number of primary amides is 1. The zero-order valence-electron chi connectivity index (χ0n) is 18.3. The van der Waals surface area contributed by atoms with Crippen LogP contribution in [0.5, 0.6) is 0 Å². The summed E-state index contributed by atoms with van der Waals surface area (Å²) in [5, 5.41) is 10.2. The maximum absolute atomic E-state index is 12.8. The van der Waals surface area contributed by atoms with Gasteiger partial charge in [0.25, 0.3) is 11.8 Å². The topological polar surface area (TPSA) is 108 Å². The molecule has 2 amide bonds. The highest BCUT2D eigenvalue weighted by Gasteiger charge is 2.27. The maximum atomic E-state index is 12.8. The van der Waals surface area contributed by atoms with Crippen molar-refractivity contribution in [3.8, 4) is 0 Å². The van der Waals surface area contributed by atoms with Gasteiger partial charge in [-0.25, -0.2) is 0 Å². The number of benzene rings is 3. The maximum Gasteiger partial charge on any atom is 0.269 e. The van der Waals surface area contributed by atoms with Gasteiger partial charge >= 0.3 is 0 Å². The Kier molecular flexibility index (Phi) is 4.96. The largest absolute Gasteiger partial charge is 0.454 e. The fourth-order valence-corrected chi connectivity index (χ4v) is 4.75. The van der Waals surface area contributed by atoms with E-state index in [2.05, 4.69) is 10.4 Å². The second-order valence-corrected chi connectivity index (χ2v) is 8.71. The predicted molar refractivity (Wildman–Crippen MR) is 132 cm³/mol. The van der Waals surface area contributed by atoms with Gasteiger partial charge in [-0.3, -0.25) is 14.3 Å². The summed E-state index contributed by atoms with van der Waals surface area (Å²) in [6, 6.07) is 16.0. The summed E-state index contributed by atoms with van der Waals surface area (Å²) < 4.78 is 12.8. The van der Waals surface area contributed by atoms with E-state index < -0.39 is 5.91 Å². The standard InChI is InChI=1S/C26H19ClN4O4/c27-20-4-2-1-3-17(20)26(33)29-15-7-5-14-6-9-18-23(25(28)32)30-31(24(18)19(14)11-15)16-8-10-21-22(12-16)35-13-34-21/h1-7,9-12,16H,8,13H2,(H2,28,32)(H,29,33). The van der Waals surface area contributed by atoms with Crippen LogP contribution in [0.25, 0.3) is 21.7 Å². The lowest BCUT2D eigenvalue weighted by molar-refractivity contribution is 0.0976. The molecule has 0 bridgehead atoms. The predicted octanol–water partition coefficient (Wildman–Crippen LogP) is 4.91. The summed E-state index contributed by atoms with van der Waals surface area (Å²) in [5.41, 5.74) is 7.56. The normalized spacial score (nSPS) is 16.8. The van der Waals surface area contributed by atoms with Crippen molar-refractivity contribution >= 4 is 50.8 Å². The highest BCUT2D eigenvalue weighted by molar-refractivity contribution is 6.34. The lowest BCUT2D eigenvalue weighted by atomic mass is 10.0. The number of rotatable bonds is 4. The first-order valence-corrected chi connectivity index (χ1v) is 11.4. The molecule has 0 spiro atoms. The third-order valence-corrected chi connectivity index (χ3v) is 6.50. The van der Waals surface area contributed by atoms with Crippen LogP contribution in [0, 0.1) is 0 Å². The van der Waals surface area contributed by atoms with Crippen LogP contribution >= 0.6 is 11.6 Å². The Labute approximate surface area is 204 Å². The zero-order chi connectivity index (χ0) is 24.1. The Morgan fingerprint density at radius 3 is 2.69 bits per heavy atom. The van der Waals surface area contributed by atoms with E-state index in [4.69, 9.17) is 26.8 Å². The first-order valence-electron chi connectivity index (χ1n) is 11.0. The Morgan fingerprint density at radius 2 is 1.86 bits per heavy atom. The second-order valence-electron chi connectivity index (χ2n) is 8.30. The van der Waals surface area contributed by atoms with Gasteiger partial charge in [-0.15, -0.1) is 0 Å². The zero-order valence-corrected chi connectivity index (χ0v) is 19.1. The summed E-state index contributed by atoms with van der Waals surface area (Å²) in [6.45, 7) is 0.175. The molecule has 174 valence electrons. The van der Waals surface area contributed by atoms with Gasteiger partial charge in [0.05, 0.1) is 22.1 Å². The minimum atomic E-state index is -0.614. The van der Waals surface area contributed by atoms with Gasteiger partial charge < -0.3 is 20.5 Å². The smallest absolute Gasteiger partial charge is 0.269 e. The van der Waals surface area contributed by atoms with Crippen LogP contribution < -0.4 is 11.1 Å². The molecular formula is C26H19ClN4O4. The molecule has 9 heteroatoms. The molecule has 35 heavy (non-hydrogen) atoms. The van der Waals surface area contributed by atoms with Crippen LogP contribution in [0.3, 0.4) is 0 Å². The number of hydrogen-bond acceptors (Lipinski definition) is 5. The monoisotopic (exact) mass is 486 g/mol. The third kappa shape index (κ3) is 3.59. The second kappa shape index (κ2) is 8.18. The molecule has 6 rings (SSSR count). The molecule has 1 fully saturated rings. The quantitative estimate of drug-likeness (QED) is 0.426. The molecule has 3 aromatic carbocycles. The number of carbonyl (C=O) groups excluding carboxylic acids is 2. The van der Waals surface area contributed by atoms with Gasteiger partial charge in [-0.05, 0) is 54.3 Å². The number of ether oxygens (including phenoxy) is 2. The fraction of sp³-hybridized carbons (Fsp3) is 0.115. The average molecular weight is 487 g/mol. The number of nitrogens with one attached hydrogen (secondary N) is 1. The Hall–Kier alpha value is -4.30. The minimum absolute atomic E-state index is 0.175. The Bertz CT molecular complexity index is 1600. The lowest BCUT2D eigenvalue weighted by Crippen LogP contribution is -2.15. The molecule has 3 N–H and O–H groups in total. The van der Waals surface area contributed by atoms with Crippen LogP contribution in [0.4, 0.5) is 5.69 Å². The number of allylic oxidation sites excluding steroid dienone is 2. The molecule has 1 atom stereocenters. The third-order valence-electron chi connectivity index (χ3n) is 6.17. The lowest BCUT2D eigenvalue weighted by Gasteiger charge is -2.18. The number of fused-ring (bicyclic) bond motifs is 4. The van der Waals surface area contributed by atoms with E-state index in [1.54, 1.807) is 28.9 Å². The van der Waals surface area contributed by atoms with Gasteiger partial charge in [0.2, 0.25) is 6.79 Å². The van der Waals surface area contributed by atoms with Crippen molar-refractivity contribution in [3.63, 3.8) is 0 Å². The van der Waals surface area contributed by atoms with Crippen molar-refractivity contribution in [3.05, 3.63) is 94.5 Å². The van der Waals surface area contributed by atoms with Gasteiger partial charge in [0.1, 0.15) is 0 Å². The SMILES string of the molecule is NC(=O)c1nn(C2C=C3OCOC3=CC2)c2c1ccc1ccc(NC(=O)c3ccccc3Cl)cc12. The number of hydrogen-bond donors (Lipinski definition) is 2. The molecule has 1 aliphatic carbocycles. The van der Waals surface area contributed by atoms with Gasteiger partial charge in [-0.2, -0.15) is 5.10 Å². The van der Waals surface area contributed by atoms with Gasteiger partial charge in [0, 0.05) is 16.5 Å². The molecular weight excluding hydrogens is 468 g/mol. The van der Waals surface area contributed by atoms with Gasteiger partial charge in [0.15, 0.2) is 17.2 Å². The highest BCUT2D eigenvalue weighted by atomic mass is 35.5. The molecule has 8 nitrogen and oxygen atoms in total. The van der Waals surface area contributed by atoms with E-state index in [-0.39, 0.29) is 24.4 Å². The number of nitrogens with zero attached hydrogens (tertiary/aromatic N) is 2. The van der Waals surface area contributed by atoms with Crippen LogP contribution in [0.15, 0.2) is 78.3 Å². The Morgan fingerprint density at radius 1 is 1.06 bits per heavy atom. The number of halogens is 1. The van der Waals surface area contributed by atoms with Crippen molar-refractivity contribution < 1.29 is 19.1 Å². The molecule has 1 aromatic heterocycles. The van der Waals surface area contributed by atoms with Crippen LogP contribution in [-0.2, 0) is 9.47 Å². The molecule has 4 aromatic rings. The molecule has 0 radical (unpaired) electrons. The fourth-order valence-electron chi connectivity index (χ4n) is 4.53. The van der Waals surface area contributed by atoms with E-state index in [0.29, 0.717) is 39.6 Å². The molecule has 0 saturated carbocycles. The van der Waals surface area contributed by atoms with Crippen molar-refractivity contribution in [2.45, 2.75) is 12.5 Å². The number of amides is 2. The summed E-state index contributed by atoms with van der Waals surface area (Å²) in [5.74, 6) is 0.429. The van der Waals surface area contributed by atoms with E-state index in [9.17, 15) is 9.59 Å². The van der Waals surface area contributed by atoms with Crippen LogP contribution in [0.2, 0.25) is 5.02 Å². The highest BCUT2D eigenvalue weighted by Crippen LogP contribution is 2.36. The average Bonchev–Trinajstić information content (AvgIpc) is 3.48. The number of aromatic nitrogens is 2. The van der Waals surface area contributed by atoms with Crippen molar-refractivity contribution in [2.75, 3.05) is 12.1 Å². The number of carbonyl (C=O) groups is 2. The van der Waals surface area contributed by atoms with Crippen molar-refractivity contribution in [1.82, 2.24) is 9.78 Å². The minimum Gasteiger partial charge on any atom is -0.454 e. The van der Waals surface area contributed by atoms with Gasteiger partial charge in [-0.1, -0.05) is 35.9 Å². The first kappa shape index (κ1) is 21.2. The van der Waals surface area contributed by atoms with Crippen molar-refractivity contribution in [2.24, 2.45) is 5.73 Å². The molecule has 1 unspecified atom stereocenters. The van der Waals surface area contributed by atoms with Crippen LogP contribution in [0.1, 0.15) is 33.3 Å². The van der Waals surface area contributed by atoms with E-state index in [0.717, 1.165) is 16.3 Å². The number of nitrogens with two attached hydrogens (primary N) is 1. The number of anilines is 1. The first-order chi connectivity index (χ1) is 17.0. The summed E-state index contributed by atoms with van der Waals surface area (Å²) in [7, 11) is 0. The van der Waals surface area contributed by atoms with Crippen molar-refractivity contribution in [1.29, 1.82) is 0 Å². The summed E-state index contributed by atoms with van der Waals surface area (Å²) in [6.07, 6.45) is 4.49. The molecule has 2 aliphatic rings. The molecule has 1 aliphatic heterocycles. The van der Waals surface area contributed by atoms with E-state index in [1.807, 2.05) is 42.5 Å². The summed E-state index contributed by atoms with van der Waals surface area (Å²) in [4.78, 5) is 25.1. The van der Waals surface area contributed by atoms with E-state index in [1.165, 1.54) is 0 Å². The Balaban J connectivity index is 1.49. The van der Waals surface area contributed by atoms with E-state index >= 15 is 0 Å².